The lowest BCUT2D eigenvalue weighted by atomic mass is 10.2. The highest BCUT2D eigenvalue weighted by Gasteiger charge is 2.33. The van der Waals surface area contributed by atoms with Gasteiger partial charge in [0.15, 0.2) is 5.82 Å². The molecule has 128 valence electrons. The summed E-state index contributed by atoms with van der Waals surface area (Å²) in [4.78, 5) is 14.3. The SMILES string of the molecule is CC(C)(C)OC(=O)NC1c2nnnn2CCN1Cc1ccccc1. The first-order valence-electron chi connectivity index (χ1n) is 7.96. The quantitative estimate of drug-likeness (QED) is 0.922. The summed E-state index contributed by atoms with van der Waals surface area (Å²) in [6, 6.07) is 10.1. The maximum Gasteiger partial charge on any atom is 0.409 e. The zero-order chi connectivity index (χ0) is 17.2. The molecule has 1 aliphatic rings. The number of amides is 1. The molecule has 8 heteroatoms. The average Bonchev–Trinajstić information content (AvgIpc) is 2.97. The molecular weight excluding hydrogens is 308 g/mol. The molecule has 1 N–H and O–H groups in total. The molecule has 8 nitrogen and oxygen atoms in total. The Bertz CT molecular complexity index is 694. The van der Waals surface area contributed by atoms with E-state index in [1.54, 1.807) is 4.68 Å². The van der Waals surface area contributed by atoms with Crippen LogP contribution in [0.25, 0.3) is 0 Å². The molecule has 1 aromatic carbocycles. The van der Waals surface area contributed by atoms with Crippen molar-refractivity contribution in [1.82, 2.24) is 30.4 Å². The number of alkyl carbamates (subject to hydrolysis) is 1. The molecule has 2 aromatic rings. The van der Waals surface area contributed by atoms with Gasteiger partial charge >= 0.3 is 6.09 Å². The lowest BCUT2D eigenvalue weighted by Crippen LogP contribution is -2.48. The standard InChI is InChI=1S/C16H22N6O2/c1-16(2,3)24-15(23)17-13-14-18-19-20-22(14)10-9-21(13)11-12-7-5-4-6-8-12/h4-8,13H,9-11H2,1-3H3,(H,17,23). The third-order valence-electron chi connectivity index (χ3n) is 3.65. The summed E-state index contributed by atoms with van der Waals surface area (Å²) in [6.45, 7) is 7.60. The van der Waals surface area contributed by atoms with E-state index in [0.717, 1.165) is 12.1 Å². The first kappa shape index (κ1) is 16.4. The van der Waals surface area contributed by atoms with Crippen molar-refractivity contribution in [2.75, 3.05) is 6.54 Å². The molecule has 0 radical (unpaired) electrons. The molecule has 3 rings (SSSR count). The van der Waals surface area contributed by atoms with E-state index in [4.69, 9.17) is 4.74 Å². The van der Waals surface area contributed by atoms with Crippen LogP contribution in [0.3, 0.4) is 0 Å². The molecule has 1 atom stereocenters. The summed E-state index contributed by atoms with van der Waals surface area (Å²) >= 11 is 0. The van der Waals surface area contributed by atoms with Gasteiger partial charge in [0.25, 0.3) is 0 Å². The molecule has 0 aliphatic carbocycles. The largest absolute Gasteiger partial charge is 0.444 e. The molecule has 1 unspecified atom stereocenters. The van der Waals surface area contributed by atoms with E-state index in [1.807, 2.05) is 39.0 Å². The van der Waals surface area contributed by atoms with Crippen molar-refractivity contribution < 1.29 is 9.53 Å². The van der Waals surface area contributed by atoms with Crippen LogP contribution in [0, 0.1) is 0 Å². The fourth-order valence-electron chi connectivity index (χ4n) is 2.65. The van der Waals surface area contributed by atoms with Gasteiger partial charge in [0.1, 0.15) is 11.8 Å². The number of nitrogens with one attached hydrogen (secondary N) is 1. The fraction of sp³-hybridized carbons (Fsp3) is 0.500. The zero-order valence-electron chi connectivity index (χ0n) is 14.1. The number of rotatable bonds is 3. The third kappa shape index (κ3) is 3.88. The average molecular weight is 330 g/mol. The minimum Gasteiger partial charge on any atom is -0.444 e. The molecule has 0 saturated heterocycles. The molecule has 0 saturated carbocycles. The number of tetrazole rings is 1. The summed E-state index contributed by atoms with van der Waals surface area (Å²) in [6.07, 6.45) is -0.911. The lowest BCUT2D eigenvalue weighted by Gasteiger charge is -2.35. The summed E-state index contributed by atoms with van der Waals surface area (Å²) < 4.78 is 7.09. The van der Waals surface area contributed by atoms with Crippen LogP contribution >= 0.6 is 0 Å². The number of nitrogens with zero attached hydrogens (tertiary/aromatic N) is 5. The third-order valence-corrected chi connectivity index (χ3v) is 3.65. The second kappa shape index (κ2) is 6.56. The molecule has 0 fully saturated rings. The van der Waals surface area contributed by atoms with E-state index in [2.05, 4.69) is 37.9 Å². The summed E-state index contributed by atoms with van der Waals surface area (Å²) in [7, 11) is 0. The number of carbonyl (C=O) groups is 1. The van der Waals surface area contributed by atoms with Crippen molar-refractivity contribution in [1.29, 1.82) is 0 Å². The maximum atomic E-state index is 12.2. The van der Waals surface area contributed by atoms with Crippen LogP contribution in [0.2, 0.25) is 0 Å². The van der Waals surface area contributed by atoms with Gasteiger partial charge in [-0.1, -0.05) is 30.3 Å². The zero-order valence-corrected chi connectivity index (χ0v) is 14.1. The van der Waals surface area contributed by atoms with Crippen molar-refractivity contribution >= 4 is 6.09 Å². The maximum absolute atomic E-state index is 12.2. The van der Waals surface area contributed by atoms with Crippen molar-refractivity contribution in [2.45, 2.75) is 45.6 Å². The minimum absolute atomic E-state index is 0.427. The minimum atomic E-state index is -0.561. The van der Waals surface area contributed by atoms with E-state index in [9.17, 15) is 4.79 Å². The molecule has 0 bridgehead atoms. The van der Waals surface area contributed by atoms with E-state index in [-0.39, 0.29) is 0 Å². The van der Waals surface area contributed by atoms with Gasteiger partial charge in [-0.15, -0.1) is 5.10 Å². The second-order valence-corrected chi connectivity index (χ2v) is 6.77. The van der Waals surface area contributed by atoms with E-state index >= 15 is 0 Å². The molecule has 1 amide bonds. The molecule has 1 aromatic heterocycles. The predicted octanol–water partition coefficient (Wildman–Crippen LogP) is 1.71. The number of ether oxygens (including phenoxy) is 1. The van der Waals surface area contributed by atoms with Crippen LogP contribution in [0.15, 0.2) is 30.3 Å². The molecular formula is C16H22N6O2. The van der Waals surface area contributed by atoms with Gasteiger partial charge in [-0.2, -0.15) is 0 Å². The Kier molecular flexibility index (Phi) is 4.48. The van der Waals surface area contributed by atoms with Gasteiger partial charge in [-0.3, -0.25) is 10.2 Å². The fourth-order valence-corrected chi connectivity index (χ4v) is 2.65. The van der Waals surface area contributed by atoms with E-state index in [0.29, 0.717) is 18.9 Å². The van der Waals surface area contributed by atoms with E-state index in [1.165, 1.54) is 0 Å². The van der Waals surface area contributed by atoms with Gasteiger partial charge in [-0.05, 0) is 36.8 Å². The van der Waals surface area contributed by atoms with Crippen molar-refractivity contribution in [3.05, 3.63) is 41.7 Å². The lowest BCUT2D eigenvalue weighted by molar-refractivity contribution is 0.0347. The Balaban J connectivity index is 1.79. The van der Waals surface area contributed by atoms with Crippen LogP contribution in [0.5, 0.6) is 0 Å². The Morgan fingerprint density at radius 3 is 2.75 bits per heavy atom. The van der Waals surface area contributed by atoms with Gasteiger partial charge in [0.2, 0.25) is 0 Å². The van der Waals surface area contributed by atoms with Crippen molar-refractivity contribution in [3.8, 4) is 0 Å². The van der Waals surface area contributed by atoms with Gasteiger partial charge in [-0.25, -0.2) is 9.48 Å². The van der Waals surface area contributed by atoms with Crippen molar-refractivity contribution in [3.63, 3.8) is 0 Å². The van der Waals surface area contributed by atoms with Crippen LogP contribution in [0.4, 0.5) is 4.79 Å². The number of carbonyl (C=O) groups excluding carboxylic acids is 1. The van der Waals surface area contributed by atoms with Crippen LogP contribution in [-0.2, 0) is 17.8 Å². The Morgan fingerprint density at radius 2 is 2.04 bits per heavy atom. The number of fused-ring (bicyclic) bond motifs is 1. The van der Waals surface area contributed by atoms with Gasteiger partial charge in [0.05, 0.1) is 6.54 Å². The van der Waals surface area contributed by atoms with Gasteiger partial charge in [0, 0.05) is 13.1 Å². The number of benzene rings is 1. The van der Waals surface area contributed by atoms with Crippen LogP contribution in [0.1, 0.15) is 38.3 Å². The highest BCUT2D eigenvalue weighted by molar-refractivity contribution is 5.68. The highest BCUT2D eigenvalue weighted by Crippen LogP contribution is 2.23. The van der Waals surface area contributed by atoms with Crippen LogP contribution < -0.4 is 5.32 Å². The Morgan fingerprint density at radius 1 is 1.29 bits per heavy atom. The van der Waals surface area contributed by atoms with E-state index < -0.39 is 17.9 Å². The summed E-state index contributed by atoms with van der Waals surface area (Å²) in [5, 5.41) is 14.6. The monoisotopic (exact) mass is 330 g/mol. The Labute approximate surface area is 140 Å². The first-order valence-corrected chi connectivity index (χ1v) is 7.96. The first-order chi connectivity index (χ1) is 11.4. The number of aromatic nitrogens is 4. The summed E-state index contributed by atoms with van der Waals surface area (Å²) in [5.74, 6) is 0.614. The number of hydrogen-bond donors (Lipinski definition) is 1. The van der Waals surface area contributed by atoms with Crippen LogP contribution in [-0.4, -0.2) is 43.3 Å². The number of hydrogen-bond acceptors (Lipinski definition) is 6. The van der Waals surface area contributed by atoms with Crippen molar-refractivity contribution in [2.24, 2.45) is 0 Å². The van der Waals surface area contributed by atoms with Gasteiger partial charge < -0.3 is 4.74 Å². The molecule has 1 aliphatic heterocycles. The molecule has 2 heterocycles. The summed E-state index contributed by atoms with van der Waals surface area (Å²) in [5.41, 5.74) is 0.601. The smallest absolute Gasteiger partial charge is 0.409 e. The second-order valence-electron chi connectivity index (χ2n) is 6.77. The predicted molar refractivity (Wildman–Crippen MR) is 86.8 cm³/mol. The molecule has 24 heavy (non-hydrogen) atoms. The Hall–Kier alpha value is -2.48. The molecule has 0 spiro atoms. The highest BCUT2D eigenvalue weighted by atomic mass is 16.6. The topological polar surface area (TPSA) is 85.2 Å². The normalized spacial score (nSPS) is 18.0.